The van der Waals surface area contributed by atoms with Crippen molar-refractivity contribution in [3.63, 3.8) is 0 Å². The number of benzene rings is 1. The molecule has 2 aliphatic rings. The summed E-state index contributed by atoms with van der Waals surface area (Å²) < 4.78 is 38.0. The highest BCUT2D eigenvalue weighted by molar-refractivity contribution is 7.89. The number of methoxy groups -OCH3 is 1. The summed E-state index contributed by atoms with van der Waals surface area (Å²) >= 11 is 0. The van der Waals surface area contributed by atoms with Crippen molar-refractivity contribution in [3.8, 4) is 0 Å². The first-order valence-electron chi connectivity index (χ1n) is 7.27. The molecule has 1 aromatic carbocycles. The zero-order valence-corrected chi connectivity index (χ0v) is 13.1. The summed E-state index contributed by atoms with van der Waals surface area (Å²) in [5.74, 6) is 0. The molecule has 3 rings (SSSR count). The minimum absolute atomic E-state index is 0.303. The fourth-order valence-corrected chi connectivity index (χ4v) is 4.92. The molecule has 0 radical (unpaired) electrons. The molecule has 0 amide bonds. The minimum atomic E-state index is -3.45. The molecular formula is C15H21NO4S. The summed E-state index contributed by atoms with van der Waals surface area (Å²) in [4.78, 5) is 0.357. The van der Waals surface area contributed by atoms with Gasteiger partial charge in [0.2, 0.25) is 10.0 Å². The largest absolute Gasteiger partial charge is 0.380 e. The molecule has 1 saturated carbocycles. The third-order valence-corrected chi connectivity index (χ3v) is 6.46. The Kier molecular flexibility index (Phi) is 4.05. The van der Waals surface area contributed by atoms with E-state index in [4.69, 9.17) is 9.47 Å². The van der Waals surface area contributed by atoms with Crippen LogP contribution >= 0.6 is 0 Å². The number of sulfonamides is 1. The van der Waals surface area contributed by atoms with E-state index in [1.54, 1.807) is 23.5 Å². The SMILES string of the molecule is COCc1ccc(S(=O)(=O)N2CCOCC23CCC3)cc1. The Morgan fingerprint density at radius 2 is 2.00 bits per heavy atom. The fourth-order valence-electron chi connectivity index (χ4n) is 3.12. The van der Waals surface area contributed by atoms with Gasteiger partial charge in [-0.2, -0.15) is 4.31 Å². The molecule has 1 aliphatic carbocycles. The smallest absolute Gasteiger partial charge is 0.243 e. The summed E-state index contributed by atoms with van der Waals surface area (Å²) in [6, 6.07) is 6.96. The van der Waals surface area contributed by atoms with Crippen LogP contribution in [-0.4, -0.2) is 45.1 Å². The number of nitrogens with zero attached hydrogens (tertiary/aromatic N) is 1. The van der Waals surface area contributed by atoms with Gasteiger partial charge in [0.25, 0.3) is 0 Å². The highest BCUT2D eigenvalue weighted by Crippen LogP contribution is 2.42. The van der Waals surface area contributed by atoms with Crippen molar-refractivity contribution in [1.82, 2.24) is 4.31 Å². The van der Waals surface area contributed by atoms with E-state index in [0.29, 0.717) is 31.3 Å². The molecule has 1 spiro atoms. The molecule has 21 heavy (non-hydrogen) atoms. The minimum Gasteiger partial charge on any atom is -0.380 e. The lowest BCUT2D eigenvalue weighted by Gasteiger charge is -2.51. The molecule has 1 aromatic rings. The third kappa shape index (κ3) is 2.61. The van der Waals surface area contributed by atoms with E-state index in [2.05, 4.69) is 0 Å². The van der Waals surface area contributed by atoms with E-state index in [0.717, 1.165) is 24.8 Å². The number of morpholine rings is 1. The zero-order valence-electron chi connectivity index (χ0n) is 12.2. The van der Waals surface area contributed by atoms with E-state index in [1.807, 2.05) is 12.1 Å². The first kappa shape index (κ1) is 15.0. The van der Waals surface area contributed by atoms with Crippen molar-refractivity contribution in [2.24, 2.45) is 0 Å². The van der Waals surface area contributed by atoms with E-state index in [9.17, 15) is 8.42 Å². The average Bonchev–Trinajstić information content (AvgIpc) is 2.46. The van der Waals surface area contributed by atoms with E-state index < -0.39 is 10.0 Å². The Bertz CT molecular complexity index is 593. The summed E-state index contributed by atoms with van der Waals surface area (Å²) in [7, 11) is -1.83. The molecule has 1 saturated heterocycles. The standard InChI is InChI=1S/C15H21NO4S/c1-19-11-13-3-5-14(6-4-13)21(17,18)16-9-10-20-12-15(16)7-2-8-15/h3-6H,2,7-12H2,1H3. The lowest BCUT2D eigenvalue weighted by Crippen LogP contribution is -2.62. The Balaban J connectivity index is 1.88. The maximum Gasteiger partial charge on any atom is 0.243 e. The van der Waals surface area contributed by atoms with Gasteiger partial charge >= 0.3 is 0 Å². The molecule has 5 nitrogen and oxygen atoms in total. The number of ether oxygens (including phenoxy) is 2. The third-order valence-electron chi connectivity index (χ3n) is 4.45. The van der Waals surface area contributed by atoms with Crippen LogP contribution in [0.4, 0.5) is 0 Å². The second-order valence-corrected chi connectivity index (χ2v) is 7.65. The van der Waals surface area contributed by atoms with Crippen molar-refractivity contribution in [2.45, 2.75) is 36.3 Å². The molecule has 0 unspecified atom stereocenters. The zero-order chi connectivity index (χ0) is 14.9. The van der Waals surface area contributed by atoms with Gasteiger partial charge in [0, 0.05) is 13.7 Å². The maximum atomic E-state index is 12.9. The van der Waals surface area contributed by atoms with Crippen LogP contribution in [0.2, 0.25) is 0 Å². The molecule has 0 N–H and O–H groups in total. The summed E-state index contributed by atoms with van der Waals surface area (Å²) in [6.07, 6.45) is 2.87. The van der Waals surface area contributed by atoms with Gasteiger partial charge in [-0.3, -0.25) is 0 Å². The summed E-state index contributed by atoms with van der Waals surface area (Å²) in [5, 5.41) is 0. The van der Waals surface area contributed by atoms with Crippen LogP contribution in [0.1, 0.15) is 24.8 Å². The van der Waals surface area contributed by atoms with Crippen molar-refractivity contribution in [2.75, 3.05) is 26.9 Å². The molecule has 116 valence electrons. The van der Waals surface area contributed by atoms with Gasteiger partial charge < -0.3 is 9.47 Å². The van der Waals surface area contributed by atoms with Crippen molar-refractivity contribution in [3.05, 3.63) is 29.8 Å². The Labute approximate surface area is 125 Å². The number of hydrogen-bond acceptors (Lipinski definition) is 4. The predicted octanol–water partition coefficient (Wildman–Crippen LogP) is 1.78. The number of rotatable bonds is 4. The number of hydrogen-bond donors (Lipinski definition) is 0. The Hall–Kier alpha value is -0.950. The molecule has 1 heterocycles. The van der Waals surface area contributed by atoms with Crippen LogP contribution in [0, 0.1) is 0 Å². The van der Waals surface area contributed by atoms with Crippen LogP contribution in [0.3, 0.4) is 0 Å². The van der Waals surface area contributed by atoms with Crippen LogP contribution < -0.4 is 0 Å². The van der Waals surface area contributed by atoms with Gasteiger partial charge in [0.1, 0.15) is 0 Å². The van der Waals surface area contributed by atoms with Crippen LogP contribution in [0.5, 0.6) is 0 Å². The molecule has 0 bridgehead atoms. The molecule has 6 heteroatoms. The molecular weight excluding hydrogens is 290 g/mol. The van der Waals surface area contributed by atoms with Gasteiger partial charge in [0.15, 0.2) is 0 Å². The van der Waals surface area contributed by atoms with Gasteiger partial charge in [0.05, 0.1) is 30.3 Å². The average molecular weight is 311 g/mol. The normalized spacial score (nSPS) is 22.1. The van der Waals surface area contributed by atoms with Gasteiger partial charge in [-0.25, -0.2) is 8.42 Å². The second kappa shape index (κ2) is 5.68. The quantitative estimate of drug-likeness (QED) is 0.850. The monoisotopic (exact) mass is 311 g/mol. The Morgan fingerprint density at radius 3 is 2.57 bits per heavy atom. The first-order valence-corrected chi connectivity index (χ1v) is 8.71. The van der Waals surface area contributed by atoms with Crippen molar-refractivity contribution >= 4 is 10.0 Å². The highest BCUT2D eigenvalue weighted by atomic mass is 32.2. The summed E-state index contributed by atoms with van der Waals surface area (Å²) in [6.45, 7) is 1.93. The molecule has 0 atom stereocenters. The van der Waals surface area contributed by atoms with E-state index >= 15 is 0 Å². The maximum absolute atomic E-state index is 12.9. The first-order chi connectivity index (χ1) is 10.1. The van der Waals surface area contributed by atoms with Crippen LogP contribution in [0.15, 0.2) is 29.2 Å². The highest BCUT2D eigenvalue weighted by Gasteiger charge is 2.50. The van der Waals surface area contributed by atoms with Gasteiger partial charge in [-0.15, -0.1) is 0 Å². The molecule has 0 aromatic heterocycles. The lowest BCUT2D eigenvalue weighted by molar-refractivity contribution is -0.0649. The van der Waals surface area contributed by atoms with E-state index in [-0.39, 0.29) is 5.54 Å². The van der Waals surface area contributed by atoms with Crippen LogP contribution in [0.25, 0.3) is 0 Å². The summed E-state index contributed by atoms with van der Waals surface area (Å²) in [5.41, 5.74) is 0.666. The van der Waals surface area contributed by atoms with E-state index in [1.165, 1.54) is 0 Å². The predicted molar refractivity (Wildman–Crippen MR) is 78.4 cm³/mol. The topological polar surface area (TPSA) is 55.8 Å². The second-order valence-electron chi connectivity index (χ2n) is 5.78. The van der Waals surface area contributed by atoms with Gasteiger partial charge in [-0.1, -0.05) is 12.1 Å². The molecule has 2 fully saturated rings. The van der Waals surface area contributed by atoms with Crippen molar-refractivity contribution in [1.29, 1.82) is 0 Å². The van der Waals surface area contributed by atoms with Gasteiger partial charge in [-0.05, 0) is 37.0 Å². The molecule has 1 aliphatic heterocycles. The van der Waals surface area contributed by atoms with Crippen molar-refractivity contribution < 1.29 is 17.9 Å². The fraction of sp³-hybridized carbons (Fsp3) is 0.600. The van der Waals surface area contributed by atoms with Crippen LogP contribution in [-0.2, 0) is 26.1 Å². The Morgan fingerprint density at radius 1 is 1.29 bits per heavy atom. The lowest BCUT2D eigenvalue weighted by atomic mass is 9.77.